The molecule has 0 fully saturated rings. The maximum atomic E-state index is 14.6. The van der Waals surface area contributed by atoms with E-state index in [4.69, 9.17) is 19.9 Å². The first-order chi connectivity index (χ1) is 14.6. The molecule has 1 aromatic rings. The second-order valence-electron chi connectivity index (χ2n) is 9.34. The minimum absolute atomic E-state index is 0.0755. The van der Waals surface area contributed by atoms with Crippen LogP contribution >= 0.6 is 0 Å². The van der Waals surface area contributed by atoms with Crippen molar-refractivity contribution in [1.82, 2.24) is 4.90 Å². The van der Waals surface area contributed by atoms with E-state index in [1.54, 1.807) is 41.5 Å². The van der Waals surface area contributed by atoms with Crippen molar-refractivity contribution < 1.29 is 32.6 Å². The molecule has 0 spiro atoms. The lowest BCUT2D eigenvalue weighted by Gasteiger charge is -2.33. The number of amides is 2. The van der Waals surface area contributed by atoms with Crippen LogP contribution in [0.15, 0.2) is 35.0 Å². The maximum absolute atomic E-state index is 14.6. The number of alkyl halides is 1. The Labute approximate surface area is 186 Å². The molecule has 1 aliphatic heterocycles. The Morgan fingerprint density at radius 1 is 1.12 bits per heavy atom. The minimum Gasteiger partial charge on any atom is -0.443 e. The average Bonchev–Trinajstić information content (AvgIpc) is 2.60. The molecule has 2 rings (SSSR count). The lowest BCUT2D eigenvalue weighted by molar-refractivity contribution is 0.0107. The summed E-state index contributed by atoms with van der Waals surface area (Å²) in [7, 11) is 0. The molecule has 1 atom stereocenters. The Bertz CT molecular complexity index is 935. The van der Waals surface area contributed by atoms with Gasteiger partial charge in [0.1, 0.15) is 35.0 Å². The van der Waals surface area contributed by atoms with Crippen LogP contribution in [0, 0.1) is 5.82 Å². The fourth-order valence-electron chi connectivity index (χ4n) is 2.83. The summed E-state index contributed by atoms with van der Waals surface area (Å²) < 4.78 is 45.1. The van der Waals surface area contributed by atoms with Crippen molar-refractivity contribution in [3.05, 3.63) is 41.4 Å². The van der Waals surface area contributed by atoms with Crippen LogP contribution in [0.2, 0.25) is 0 Å². The summed E-state index contributed by atoms with van der Waals surface area (Å²) in [6.07, 6.45) is -1.06. The van der Waals surface area contributed by atoms with Crippen LogP contribution in [0.3, 0.4) is 0 Å². The number of allylic oxidation sites excluding steroid dienone is 1. The average molecular weight is 453 g/mol. The van der Waals surface area contributed by atoms with Crippen molar-refractivity contribution in [1.29, 1.82) is 0 Å². The fraction of sp³-hybridized carbons (Fsp3) is 0.500. The van der Waals surface area contributed by atoms with Crippen LogP contribution in [0.25, 0.3) is 0 Å². The molecule has 8 nitrogen and oxygen atoms in total. The number of ether oxygens (including phenoxy) is 3. The summed E-state index contributed by atoms with van der Waals surface area (Å²) in [5, 5.41) is 0. The van der Waals surface area contributed by atoms with Gasteiger partial charge in [0.2, 0.25) is 0 Å². The van der Waals surface area contributed by atoms with Gasteiger partial charge in [-0.25, -0.2) is 23.4 Å². The second kappa shape index (κ2) is 8.76. The van der Waals surface area contributed by atoms with E-state index < -0.39 is 47.4 Å². The van der Waals surface area contributed by atoms with E-state index in [1.807, 2.05) is 0 Å². The summed E-state index contributed by atoms with van der Waals surface area (Å²) in [6.45, 7) is 9.84. The first kappa shape index (κ1) is 25.1. The van der Waals surface area contributed by atoms with Crippen LogP contribution in [-0.2, 0) is 19.7 Å². The zero-order chi connectivity index (χ0) is 24.5. The summed E-state index contributed by atoms with van der Waals surface area (Å²) in [4.78, 5) is 30.3. The van der Waals surface area contributed by atoms with E-state index in [1.165, 1.54) is 25.1 Å². The number of anilines is 1. The van der Waals surface area contributed by atoms with Crippen molar-refractivity contribution in [2.45, 2.75) is 65.2 Å². The molecule has 0 saturated heterocycles. The predicted molar refractivity (Wildman–Crippen MR) is 115 cm³/mol. The first-order valence-electron chi connectivity index (χ1n) is 9.91. The zero-order valence-electron chi connectivity index (χ0n) is 19.3. The van der Waals surface area contributed by atoms with Crippen LogP contribution in [0.4, 0.5) is 24.1 Å². The van der Waals surface area contributed by atoms with Gasteiger partial charge in [-0.2, -0.15) is 0 Å². The van der Waals surface area contributed by atoms with Gasteiger partial charge in [0, 0.05) is 11.3 Å². The molecule has 32 heavy (non-hydrogen) atoms. The number of benzene rings is 1. The smallest absolute Gasteiger partial charge is 0.428 e. The number of carbonyl (C=O) groups excluding carboxylic acids is 2. The van der Waals surface area contributed by atoms with E-state index in [0.717, 1.165) is 6.07 Å². The van der Waals surface area contributed by atoms with Gasteiger partial charge in [-0.1, -0.05) is 0 Å². The summed E-state index contributed by atoms with van der Waals surface area (Å²) >= 11 is 0. The quantitative estimate of drug-likeness (QED) is 0.630. The van der Waals surface area contributed by atoms with Crippen LogP contribution < -0.4 is 5.73 Å². The molecule has 0 aliphatic carbocycles. The number of halogens is 2. The molecule has 0 radical (unpaired) electrons. The molecule has 1 aliphatic rings. The molecule has 10 heteroatoms. The third-order valence-corrected chi connectivity index (χ3v) is 3.99. The molecule has 2 N–H and O–H groups in total. The molecule has 0 unspecified atom stereocenters. The lowest BCUT2D eigenvalue weighted by Crippen LogP contribution is -2.49. The van der Waals surface area contributed by atoms with Gasteiger partial charge in [0.05, 0.1) is 0 Å². The maximum Gasteiger partial charge on any atom is 0.428 e. The van der Waals surface area contributed by atoms with Gasteiger partial charge in [0.15, 0.2) is 0 Å². The Hall–Kier alpha value is -3.17. The van der Waals surface area contributed by atoms with Gasteiger partial charge in [-0.05, 0) is 72.7 Å². The highest BCUT2D eigenvalue weighted by Gasteiger charge is 2.43. The number of hydrogen-bond donors (Lipinski definition) is 1. The zero-order valence-corrected chi connectivity index (χ0v) is 19.3. The Kier molecular flexibility index (Phi) is 6.87. The first-order valence-corrected chi connectivity index (χ1v) is 9.91. The summed E-state index contributed by atoms with van der Waals surface area (Å²) in [5.74, 6) is -0.696. The van der Waals surface area contributed by atoms with Crippen LogP contribution in [-0.4, -0.2) is 41.0 Å². The Morgan fingerprint density at radius 2 is 1.66 bits per heavy atom. The van der Waals surface area contributed by atoms with Crippen LogP contribution in [0.1, 0.15) is 54.0 Å². The summed E-state index contributed by atoms with van der Waals surface area (Å²) in [6, 6.07) is 3.01. The monoisotopic (exact) mass is 453 g/mol. The lowest BCUT2D eigenvalue weighted by atomic mass is 9.89. The number of amidine groups is 1. The van der Waals surface area contributed by atoms with Crippen molar-refractivity contribution in [2.75, 3.05) is 12.4 Å². The normalized spacial score (nSPS) is 18.8. The predicted octanol–water partition coefficient (Wildman–Crippen LogP) is 5.03. The fourth-order valence-corrected chi connectivity index (χ4v) is 2.83. The van der Waals surface area contributed by atoms with Gasteiger partial charge in [-0.15, -0.1) is 4.90 Å². The molecule has 0 bridgehead atoms. The topological polar surface area (TPSA) is 103 Å². The van der Waals surface area contributed by atoms with Crippen molar-refractivity contribution in [2.24, 2.45) is 4.99 Å². The van der Waals surface area contributed by atoms with Gasteiger partial charge >= 0.3 is 18.2 Å². The molecular weight excluding hydrogens is 424 g/mol. The van der Waals surface area contributed by atoms with Crippen molar-refractivity contribution in [3.8, 4) is 0 Å². The number of hydrogen-bond acceptors (Lipinski definition) is 7. The number of nitrogens with zero attached hydrogens (tertiary/aromatic N) is 2. The molecule has 1 heterocycles. The second-order valence-corrected chi connectivity index (χ2v) is 9.34. The molecule has 2 amide bonds. The van der Waals surface area contributed by atoms with E-state index in [0.29, 0.717) is 4.90 Å². The van der Waals surface area contributed by atoms with Crippen LogP contribution in [0.5, 0.6) is 0 Å². The molecule has 0 saturated carbocycles. The number of aliphatic imine (C=N–C) groups is 1. The SMILES string of the molecule is CC1=C[C@@](CF)(c2cc(N)ccc2F)N=C(N(C(=O)OC(C)(C)C)C(=O)OC(C)(C)C)O1. The number of rotatable bonds is 2. The molecule has 1 aromatic carbocycles. The largest absolute Gasteiger partial charge is 0.443 e. The van der Waals surface area contributed by atoms with Gasteiger partial charge in [0.25, 0.3) is 0 Å². The van der Waals surface area contributed by atoms with E-state index in [2.05, 4.69) is 4.99 Å². The number of nitrogens with two attached hydrogens (primary N) is 1. The molecule has 176 valence electrons. The van der Waals surface area contributed by atoms with Crippen molar-refractivity contribution in [3.63, 3.8) is 0 Å². The number of carbonyl (C=O) groups is 2. The Balaban J connectivity index is 2.65. The number of imide groups is 1. The molecular formula is C22H29F2N3O5. The summed E-state index contributed by atoms with van der Waals surface area (Å²) in [5.41, 5.74) is 1.87. The van der Waals surface area contributed by atoms with E-state index in [9.17, 15) is 18.4 Å². The minimum atomic E-state index is -1.93. The van der Waals surface area contributed by atoms with Gasteiger partial charge < -0.3 is 19.9 Å². The Morgan fingerprint density at radius 3 is 2.12 bits per heavy atom. The third-order valence-electron chi connectivity index (χ3n) is 3.99. The molecule has 0 aromatic heterocycles. The highest BCUT2D eigenvalue weighted by Crippen LogP contribution is 2.36. The van der Waals surface area contributed by atoms with Crippen molar-refractivity contribution >= 4 is 23.9 Å². The standard InChI is InChI=1S/C22H29F2N3O5/c1-13-11-22(12-23,15-10-14(25)8-9-16(15)24)26-17(30-13)27(18(28)31-20(2,3)4)19(29)32-21(5,6)7/h8-11H,12,25H2,1-7H3/t22-/m1/s1. The highest BCUT2D eigenvalue weighted by molar-refractivity contribution is 6.06. The van der Waals surface area contributed by atoms with Gasteiger partial charge in [-0.3, -0.25) is 0 Å². The third kappa shape index (κ3) is 5.95. The highest BCUT2D eigenvalue weighted by atomic mass is 19.1. The van der Waals surface area contributed by atoms with E-state index in [-0.39, 0.29) is 17.0 Å². The number of nitrogen functional groups attached to an aromatic ring is 1. The van der Waals surface area contributed by atoms with E-state index >= 15 is 0 Å².